The highest BCUT2D eigenvalue weighted by molar-refractivity contribution is 7.99. The third kappa shape index (κ3) is 2.55. The summed E-state index contributed by atoms with van der Waals surface area (Å²) in [4.78, 5) is 31.7. The van der Waals surface area contributed by atoms with E-state index in [1.807, 2.05) is 72.1 Å². The Bertz CT molecular complexity index is 1010. The van der Waals surface area contributed by atoms with E-state index in [4.69, 9.17) is 4.74 Å². The van der Waals surface area contributed by atoms with Gasteiger partial charge in [0.1, 0.15) is 11.3 Å². The third-order valence-corrected chi connectivity index (χ3v) is 7.70. The van der Waals surface area contributed by atoms with Crippen molar-refractivity contribution in [3.63, 3.8) is 0 Å². The number of thioether (sulfide) groups is 1. The van der Waals surface area contributed by atoms with Crippen molar-refractivity contribution in [3.05, 3.63) is 54.1 Å². The highest BCUT2D eigenvalue weighted by atomic mass is 32.2. The lowest BCUT2D eigenvalue weighted by Crippen LogP contribution is -2.55. The molecule has 3 heterocycles. The van der Waals surface area contributed by atoms with E-state index in [0.717, 1.165) is 22.9 Å². The summed E-state index contributed by atoms with van der Waals surface area (Å²) in [7, 11) is 1.59. The second kappa shape index (κ2) is 7.32. The predicted molar refractivity (Wildman–Crippen MR) is 119 cm³/mol. The summed E-state index contributed by atoms with van der Waals surface area (Å²) in [6, 6.07) is 15.6. The fraction of sp³-hybridized carbons (Fsp3) is 0.391. The smallest absolute Gasteiger partial charge is 0.253 e. The molecular formula is C23H25N3O3S. The molecular weight excluding hydrogens is 398 g/mol. The highest BCUT2D eigenvalue weighted by Gasteiger charge is 2.67. The fourth-order valence-electron chi connectivity index (χ4n) is 5.36. The number of nitrogens with zero attached hydrogens (tertiary/aromatic N) is 2. The van der Waals surface area contributed by atoms with E-state index < -0.39 is 11.5 Å². The van der Waals surface area contributed by atoms with Crippen LogP contribution in [0.3, 0.4) is 0 Å². The molecule has 0 saturated carbocycles. The van der Waals surface area contributed by atoms with Gasteiger partial charge < -0.3 is 15.0 Å². The Kier molecular flexibility index (Phi) is 4.75. The number of ether oxygens (including phenoxy) is 1. The molecule has 5 rings (SSSR count). The van der Waals surface area contributed by atoms with E-state index in [1.165, 1.54) is 0 Å². The van der Waals surface area contributed by atoms with Crippen molar-refractivity contribution in [1.82, 2.24) is 4.90 Å². The molecule has 1 N–H and O–H groups in total. The largest absolute Gasteiger partial charge is 0.495 e. The van der Waals surface area contributed by atoms with Gasteiger partial charge in [0, 0.05) is 35.5 Å². The molecule has 2 amide bonds. The molecule has 2 saturated heterocycles. The van der Waals surface area contributed by atoms with Crippen molar-refractivity contribution < 1.29 is 14.3 Å². The maximum atomic E-state index is 13.9. The molecule has 0 aromatic heterocycles. The Hall–Kier alpha value is -2.51. The summed E-state index contributed by atoms with van der Waals surface area (Å²) in [5, 5.41) is 3.06. The van der Waals surface area contributed by atoms with Gasteiger partial charge in [-0.1, -0.05) is 30.3 Å². The number of amides is 2. The standard InChI is InChI=1S/C23H25N3O3S/c1-3-25-19-10-6-4-8-16(19)23(22(25)28)17(12-15-13-30-14-26(15)23)21(27)24-18-9-5-7-11-20(18)29-2/h4-11,15,17H,3,12-14H2,1-2H3,(H,24,27)/t15-,17-,23+/m1/s1. The van der Waals surface area contributed by atoms with Gasteiger partial charge in [0.25, 0.3) is 5.91 Å². The number of fused-ring (bicyclic) bond motifs is 4. The van der Waals surface area contributed by atoms with Gasteiger partial charge in [0.2, 0.25) is 5.91 Å². The van der Waals surface area contributed by atoms with Gasteiger partial charge in [-0.25, -0.2) is 0 Å². The first kappa shape index (κ1) is 19.5. The van der Waals surface area contributed by atoms with Crippen molar-refractivity contribution in [2.75, 3.05) is 35.5 Å². The van der Waals surface area contributed by atoms with Crippen molar-refractivity contribution in [2.45, 2.75) is 24.9 Å². The zero-order valence-corrected chi connectivity index (χ0v) is 17.9. The molecule has 3 atom stereocenters. The number of hydrogen-bond acceptors (Lipinski definition) is 5. The van der Waals surface area contributed by atoms with E-state index in [9.17, 15) is 9.59 Å². The first-order chi connectivity index (χ1) is 14.6. The van der Waals surface area contributed by atoms with E-state index in [2.05, 4.69) is 10.2 Å². The Morgan fingerprint density at radius 1 is 1.23 bits per heavy atom. The van der Waals surface area contributed by atoms with Crippen LogP contribution in [0.2, 0.25) is 0 Å². The fourth-order valence-corrected chi connectivity index (χ4v) is 6.67. The minimum absolute atomic E-state index is 0.0244. The van der Waals surface area contributed by atoms with E-state index in [0.29, 0.717) is 24.4 Å². The van der Waals surface area contributed by atoms with Crippen molar-refractivity contribution in [1.29, 1.82) is 0 Å². The summed E-state index contributed by atoms with van der Waals surface area (Å²) in [5.41, 5.74) is 1.58. The first-order valence-electron chi connectivity index (χ1n) is 10.3. The van der Waals surface area contributed by atoms with Crippen molar-refractivity contribution in [2.24, 2.45) is 5.92 Å². The molecule has 7 heteroatoms. The number of rotatable bonds is 4. The number of para-hydroxylation sites is 3. The van der Waals surface area contributed by atoms with E-state index in [1.54, 1.807) is 7.11 Å². The van der Waals surface area contributed by atoms with Gasteiger partial charge >= 0.3 is 0 Å². The minimum Gasteiger partial charge on any atom is -0.495 e. The number of likely N-dealkylation sites (N-methyl/N-ethyl adjacent to an activating group) is 1. The van der Waals surface area contributed by atoms with Crippen LogP contribution < -0.4 is 15.0 Å². The Balaban J connectivity index is 1.60. The second-order valence-corrected chi connectivity index (χ2v) is 8.93. The van der Waals surface area contributed by atoms with Crippen LogP contribution in [-0.4, -0.2) is 48.0 Å². The summed E-state index contributed by atoms with van der Waals surface area (Å²) in [6.45, 7) is 2.58. The maximum absolute atomic E-state index is 13.9. The summed E-state index contributed by atoms with van der Waals surface area (Å²) in [6.07, 6.45) is 0.672. The summed E-state index contributed by atoms with van der Waals surface area (Å²) in [5.74, 6) is 1.76. The Labute approximate surface area is 180 Å². The number of hydrogen-bond donors (Lipinski definition) is 1. The lowest BCUT2D eigenvalue weighted by Gasteiger charge is -2.36. The third-order valence-electron chi connectivity index (χ3n) is 6.62. The SMILES string of the molecule is CCN1C(=O)[C@]2(c3ccccc31)[C@@H](C(=O)Nc1ccccc1OC)C[C@@H]1CSCN12. The molecule has 2 aromatic carbocycles. The zero-order chi connectivity index (χ0) is 20.9. The maximum Gasteiger partial charge on any atom is 0.253 e. The second-order valence-electron chi connectivity index (χ2n) is 7.93. The molecule has 30 heavy (non-hydrogen) atoms. The summed E-state index contributed by atoms with van der Waals surface area (Å²) >= 11 is 1.84. The van der Waals surface area contributed by atoms with Crippen LogP contribution in [0.1, 0.15) is 18.9 Å². The topological polar surface area (TPSA) is 61.9 Å². The molecule has 3 aliphatic heterocycles. The van der Waals surface area contributed by atoms with Gasteiger partial charge in [-0.15, -0.1) is 11.8 Å². The van der Waals surface area contributed by atoms with Crippen LogP contribution in [0, 0.1) is 5.92 Å². The number of carbonyl (C=O) groups is 2. The van der Waals surface area contributed by atoms with Gasteiger partial charge in [0.05, 0.1) is 18.7 Å². The van der Waals surface area contributed by atoms with Crippen LogP contribution in [0.15, 0.2) is 48.5 Å². The van der Waals surface area contributed by atoms with Crippen LogP contribution in [0.4, 0.5) is 11.4 Å². The number of carbonyl (C=O) groups excluding carboxylic acids is 2. The molecule has 0 unspecified atom stereocenters. The number of benzene rings is 2. The van der Waals surface area contributed by atoms with Gasteiger partial charge in [-0.05, 0) is 31.5 Å². The molecule has 6 nitrogen and oxygen atoms in total. The number of methoxy groups -OCH3 is 1. The minimum atomic E-state index is -0.938. The Morgan fingerprint density at radius 2 is 2.00 bits per heavy atom. The molecule has 3 aliphatic rings. The van der Waals surface area contributed by atoms with Crippen LogP contribution in [-0.2, 0) is 15.1 Å². The van der Waals surface area contributed by atoms with Gasteiger partial charge in [-0.3, -0.25) is 14.5 Å². The predicted octanol–water partition coefficient (Wildman–Crippen LogP) is 3.29. The van der Waals surface area contributed by atoms with E-state index in [-0.39, 0.29) is 17.9 Å². The number of nitrogens with one attached hydrogen (secondary N) is 1. The molecule has 2 aromatic rings. The molecule has 2 fully saturated rings. The quantitative estimate of drug-likeness (QED) is 0.818. The molecule has 156 valence electrons. The molecule has 1 spiro atoms. The van der Waals surface area contributed by atoms with Crippen LogP contribution in [0.25, 0.3) is 0 Å². The van der Waals surface area contributed by atoms with E-state index >= 15 is 0 Å². The average molecular weight is 424 g/mol. The monoisotopic (exact) mass is 423 g/mol. The molecule has 0 radical (unpaired) electrons. The normalized spacial score (nSPS) is 27.4. The van der Waals surface area contributed by atoms with Crippen molar-refractivity contribution >= 4 is 35.0 Å². The Morgan fingerprint density at radius 3 is 2.80 bits per heavy atom. The van der Waals surface area contributed by atoms with Gasteiger partial charge in [-0.2, -0.15) is 0 Å². The van der Waals surface area contributed by atoms with Crippen LogP contribution in [0.5, 0.6) is 5.75 Å². The number of anilines is 2. The molecule has 0 bridgehead atoms. The lowest BCUT2D eigenvalue weighted by atomic mass is 9.78. The van der Waals surface area contributed by atoms with Crippen LogP contribution >= 0.6 is 11.8 Å². The first-order valence-corrected chi connectivity index (χ1v) is 11.5. The van der Waals surface area contributed by atoms with Crippen molar-refractivity contribution in [3.8, 4) is 5.75 Å². The zero-order valence-electron chi connectivity index (χ0n) is 17.1. The average Bonchev–Trinajstić information content (AvgIpc) is 3.42. The molecule has 0 aliphatic carbocycles. The highest BCUT2D eigenvalue weighted by Crippen LogP contribution is 2.57. The van der Waals surface area contributed by atoms with Gasteiger partial charge in [0.15, 0.2) is 0 Å². The summed E-state index contributed by atoms with van der Waals surface area (Å²) < 4.78 is 5.41. The lowest BCUT2D eigenvalue weighted by molar-refractivity contribution is -0.136.